The molecule has 1 saturated carbocycles. The van der Waals surface area contributed by atoms with E-state index in [4.69, 9.17) is 5.73 Å². The SMILES string of the molecule is NCC1(C(=O)N2CCCN(Cc3cccs3)CC2)CCC1. The third kappa shape index (κ3) is 3.15. The minimum atomic E-state index is -0.219. The van der Waals surface area contributed by atoms with E-state index in [-0.39, 0.29) is 5.41 Å². The number of carbonyl (C=O) groups excluding carboxylic acids is 1. The molecule has 0 bridgehead atoms. The van der Waals surface area contributed by atoms with Gasteiger partial charge in [0, 0.05) is 44.1 Å². The van der Waals surface area contributed by atoms with Crippen LogP contribution in [0, 0.1) is 5.41 Å². The number of hydrogen-bond donors (Lipinski definition) is 1. The Morgan fingerprint density at radius 1 is 1.24 bits per heavy atom. The molecule has 0 aromatic carbocycles. The van der Waals surface area contributed by atoms with Crippen molar-refractivity contribution in [1.82, 2.24) is 9.80 Å². The Bertz CT molecular complexity index is 464. The molecular weight excluding hydrogens is 282 g/mol. The molecule has 2 heterocycles. The summed E-state index contributed by atoms with van der Waals surface area (Å²) in [5, 5.41) is 2.13. The van der Waals surface area contributed by atoms with Crippen LogP contribution in [0.2, 0.25) is 0 Å². The highest BCUT2D eigenvalue weighted by Crippen LogP contribution is 2.41. The molecule has 0 atom stereocenters. The van der Waals surface area contributed by atoms with Gasteiger partial charge >= 0.3 is 0 Å². The molecule has 3 rings (SSSR count). The van der Waals surface area contributed by atoms with Crippen molar-refractivity contribution in [3.63, 3.8) is 0 Å². The van der Waals surface area contributed by atoms with Crippen LogP contribution < -0.4 is 5.73 Å². The van der Waals surface area contributed by atoms with Crippen LogP contribution >= 0.6 is 11.3 Å². The Morgan fingerprint density at radius 3 is 2.71 bits per heavy atom. The second kappa shape index (κ2) is 6.46. The zero-order valence-electron chi connectivity index (χ0n) is 12.6. The molecule has 1 aromatic heterocycles. The second-order valence-electron chi connectivity index (χ2n) is 6.34. The summed E-state index contributed by atoms with van der Waals surface area (Å²) in [7, 11) is 0. The van der Waals surface area contributed by atoms with Gasteiger partial charge in [-0.05, 0) is 30.7 Å². The first kappa shape index (κ1) is 15.0. The first-order valence-electron chi connectivity index (χ1n) is 7.98. The zero-order chi connectivity index (χ0) is 14.7. The summed E-state index contributed by atoms with van der Waals surface area (Å²) in [6.07, 6.45) is 4.19. The van der Waals surface area contributed by atoms with Crippen LogP contribution in [0.3, 0.4) is 0 Å². The number of amides is 1. The summed E-state index contributed by atoms with van der Waals surface area (Å²) in [5.74, 6) is 0.314. The van der Waals surface area contributed by atoms with Crippen molar-refractivity contribution in [3.05, 3.63) is 22.4 Å². The van der Waals surface area contributed by atoms with Gasteiger partial charge in [0.1, 0.15) is 0 Å². The summed E-state index contributed by atoms with van der Waals surface area (Å²) < 4.78 is 0. The third-order valence-corrected chi connectivity index (χ3v) is 5.85. The van der Waals surface area contributed by atoms with Crippen LogP contribution in [-0.4, -0.2) is 48.4 Å². The van der Waals surface area contributed by atoms with Crippen molar-refractivity contribution in [3.8, 4) is 0 Å². The largest absolute Gasteiger partial charge is 0.341 e. The van der Waals surface area contributed by atoms with E-state index in [0.717, 1.165) is 58.4 Å². The van der Waals surface area contributed by atoms with Gasteiger partial charge in [-0.1, -0.05) is 12.5 Å². The summed E-state index contributed by atoms with van der Waals surface area (Å²) in [6, 6.07) is 4.30. The Balaban J connectivity index is 1.56. The van der Waals surface area contributed by atoms with E-state index in [1.54, 1.807) is 0 Å². The number of nitrogens with zero attached hydrogens (tertiary/aromatic N) is 2. The van der Waals surface area contributed by atoms with E-state index in [9.17, 15) is 4.79 Å². The zero-order valence-corrected chi connectivity index (χ0v) is 13.4. The number of rotatable bonds is 4. The van der Waals surface area contributed by atoms with Gasteiger partial charge in [-0.25, -0.2) is 0 Å². The molecule has 0 unspecified atom stereocenters. The molecule has 21 heavy (non-hydrogen) atoms. The van der Waals surface area contributed by atoms with Crippen LogP contribution in [-0.2, 0) is 11.3 Å². The van der Waals surface area contributed by atoms with E-state index >= 15 is 0 Å². The van der Waals surface area contributed by atoms with Crippen molar-refractivity contribution in [2.75, 3.05) is 32.7 Å². The lowest BCUT2D eigenvalue weighted by Gasteiger charge is -2.42. The van der Waals surface area contributed by atoms with E-state index in [1.807, 2.05) is 11.3 Å². The Morgan fingerprint density at radius 2 is 2.10 bits per heavy atom. The highest BCUT2D eigenvalue weighted by Gasteiger charge is 2.45. The van der Waals surface area contributed by atoms with Crippen LogP contribution in [0.25, 0.3) is 0 Å². The van der Waals surface area contributed by atoms with E-state index < -0.39 is 0 Å². The molecule has 1 aliphatic carbocycles. The molecule has 0 spiro atoms. The van der Waals surface area contributed by atoms with Crippen molar-refractivity contribution >= 4 is 17.2 Å². The number of nitrogens with two attached hydrogens (primary N) is 1. The van der Waals surface area contributed by atoms with Gasteiger partial charge < -0.3 is 10.6 Å². The molecule has 116 valence electrons. The van der Waals surface area contributed by atoms with Gasteiger partial charge in [0.05, 0.1) is 5.41 Å². The fourth-order valence-electron chi connectivity index (χ4n) is 3.40. The monoisotopic (exact) mass is 307 g/mol. The molecule has 2 N–H and O–H groups in total. The minimum Gasteiger partial charge on any atom is -0.341 e. The lowest BCUT2D eigenvalue weighted by atomic mass is 9.68. The summed E-state index contributed by atoms with van der Waals surface area (Å²) in [5.41, 5.74) is 5.66. The van der Waals surface area contributed by atoms with E-state index in [2.05, 4.69) is 27.3 Å². The van der Waals surface area contributed by atoms with Crippen LogP contribution in [0.4, 0.5) is 0 Å². The van der Waals surface area contributed by atoms with Crippen LogP contribution in [0.1, 0.15) is 30.6 Å². The highest BCUT2D eigenvalue weighted by molar-refractivity contribution is 7.09. The fourth-order valence-corrected chi connectivity index (χ4v) is 4.15. The number of hydrogen-bond acceptors (Lipinski definition) is 4. The molecule has 2 aliphatic rings. The standard InChI is InChI=1S/C16H25N3OS/c17-13-16(5-2-6-16)15(20)19-8-3-7-18(9-10-19)12-14-4-1-11-21-14/h1,4,11H,2-3,5-10,12-13,17H2. The van der Waals surface area contributed by atoms with Gasteiger partial charge in [0.15, 0.2) is 0 Å². The van der Waals surface area contributed by atoms with Gasteiger partial charge in [-0.15, -0.1) is 11.3 Å². The Hall–Kier alpha value is -0.910. The molecule has 1 aromatic rings. The number of thiophene rings is 1. The summed E-state index contributed by atoms with van der Waals surface area (Å²) in [6.45, 7) is 5.33. The lowest BCUT2D eigenvalue weighted by Crippen LogP contribution is -2.52. The Labute approximate surface area is 130 Å². The normalized spacial score (nSPS) is 22.6. The quantitative estimate of drug-likeness (QED) is 0.924. The molecule has 1 saturated heterocycles. The predicted octanol–water partition coefficient (Wildman–Crippen LogP) is 1.91. The van der Waals surface area contributed by atoms with Gasteiger partial charge in [0.2, 0.25) is 5.91 Å². The average Bonchev–Trinajstić information content (AvgIpc) is 2.83. The minimum absolute atomic E-state index is 0.219. The van der Waals surface area contributed by atoms with E-state index in [0.29, 0.717) is 12.5 Å². The average molecular weight is 307 g/mol. The molecule has 1 aliphatic heterocycles. The van der Waals surface area contributed by atoms with Crippen molar-refractivity contribution < 1.29 is 4.79 Å². The maximum Gasteiger partial charge on any atom is 0.230 e. The maximum absolute atomic E-state index is 12.7. The van der Waals surface area contributed by atoms with Gasteiger partial charge in [0.25, 0.3) is 0 Å². The second-order valence-corrected chi connectivity index (χ2v) is 7.37. The Kier molecular flexibility index (Phi) is 4.62. The molecule has 5 heteroatoms. The topological polar surface area (TPSA) is 49.6 Å². The summed E-state index contributed by atoms with van der Waals surface area (Å²) in [4.78, 5) is 18.7. The maximum atomic E-state index is 12.7. The smallest absolute Gasteiger partial charge is 0.230 e. The molecule has 4 nitrogen and oxygen atoms in total. The van der Waals surface area contributed by atoms with Gasteiger partial charge in [-0.3, -0.25) is 9.69 Å². The fraction of sp³-hybridized carbons (Fsp3) is 0.688. The van der Waals surface area contributed by atoms with Crippen molar-refractivity contribution in [1.29, 1.82) is 0 Å². The van der Waals surface area contributed by atoms with Gasteiger partial charge in [-0.2, -0.15) is 0 Å². The highest BCUT2D eigenvalue weighted by atomic mass is 32.1. The lowest BCUT2D eigenvalue weighted by molar-refractivity contribution is -0.146. The molecule has 2 fully saturated rings. The van der Waals surface area contributed by atoms with Crippen molar-refractivity contribution in [2.45, 2.75) is 32.2 Å². The third-order valence-electron chi connectivity index (χ3n) is 4.99. The van der Waals surface area contributed by atoms with Crippen LogP contribution in [0.5, 0.6) is 0 Å². The molecule has 0 radical (unpaired) electrons. The predicted molar refractivity (Wildman–Crippen MR) is 86.1 cm³/mol. The van der Waals surface area contributed by atoms with E-state index in [1.165, 1.54) is 4.88 Å². The molecule has 1 amide bonds. The van der Waals surface area contributed by atoms with Crippen molar-refractivity contribution in [2.24, 2.45) is 11.1 Å². The first-order chi connectivity index (χ1) is 10.2. The number of carbonyl (C=O) groups is 1. The molecular formula is C16H25N3OS. The van der Waals surface area contributed by atoms with Crippen LogP contribution in [0.15, 0.2) is 17.5 Å². The first-order valence-corrected chi connectivity index (χ1v) is 8.86. The summed E-state index contributed by atoms with van der Waals surface area (Å²) >= 11 is 1.81.